The summed E-state index contributed by atoms with van der Waals surface area (Å²) >= 11 is 7.30. The highest BCUT2D eigenvalue weighted by Crippen LogP contribution is 2.22. The summed E-state index contributed by atoms with van der Waals surface area (Å²) in [5, 5.41) is 9.64. The van der Waals surface area contributed by atoms with E-state index in [1.165, 1.54) is 11.3 Å². The molecule has 0 aliphatic heterocycles. The maximum atomic E-state index is 12.4. The number of halogens is 1. The molecule has 21 heavy (non-hydrogen) atoms. The second kappa shape index (κ2) is 6.89. The highest BCUT2D eigenvalue weighted by Gasteiger charge is 2.23. The number of nitrogens with zero attached hydrogens (tertiary/aromatic N) is 1. The molecule has 0 saturated heterocycles. The zero-order valence-corrected chi connectivity index (χ0v) is 14.1. The Balaban J connectivity index is 2.06. The van der Waals surface area contributed by atoms with Gasteiger partial charge in [0.1, 0.15) is 4.90 Å². The lowest BCUT2D eigenvalue weighted by molar-refractivity contribution is 0.579. The van der Waals surface area contributed by atoms with Crippen molar-refractivity contribution < 1.29 is 8.42 Å². The summed E-state index contributed by atoms with van der Waals surface area (Å²) in [4.78, 5) is 1.27. The van der Waals surface area contributed by atoms with E-state index < -0.39 is 10.0 Å². The standard InChI is InChI=1S/C12H17ClN4O2S2/c1-8-12(10(7-14-2)17-16-8)21(18,19)15-6-5-9-3-4-11(13)20-9/h3-4,14-15H,5-7H2,1-2H3,(H,16,17). The van der Waals surface area contributed by atoms with Crippen LogP contribution in [0.15, 0.2) is 17.0 Å². The molecule has 0 bridgehead atoms. The Hall–Kier alpha value is -0.930. The van der Waals surface area contributed by atoms with Gasteiger partial charge in [-0.15, -0.1) is 11.3 Å². The average Bonchev–Trinajstić information content (AvgIpc) is 2.97. The summed E-state index contributed by atoms with van der Waals surface area (Å²) < 4.78 is 28.1. The number of hydrogen-bond donors (Lipinski definition) is 3. The molecule has 0 aromatic carbocycles. The molecule has 6 nitrogen and oxygen atoms in total. The van der Waals surface area contributed by atoms with Gasteiger partial charge >= 0.3 is 0 Å². The molecular formula is C12H17ClN4O2S2. The molecule has 0 atom stereocenters. The minimum Gasteiger partial charge on any atom is -0.314 e. The molecule has 0 amide bonds. The van der Waals surface area contributed by atoms with E-state index in [1.807, 2.05) is 6.07 Å². The van der Waals surface area contributed by atoms with Gasteiger partial charge in [-0.25, -0.2) is 13.1 Å². The van der Waals surface area contributed by atoms with Gasteiger partial charge in [-0.05, 0) is 32.5 Å². The fourth-order valence-electron chi connectivity index (χ4n) is 1.98. The van der Waals surface area contributed by atoms with Gasteiger partial charge in [0.2, 0.25) is 10.0 Å². The largest absolute Gasteiger partial charge is 0.314 e. The molecule has 0 aliphatic carbocycles. The van der Waals surface area contributed by atoms with E-state index >= 15 is 0 Å². The smallest absolute Gasteiger partial charge is 0.244 e. The van der Waals surface area contributed by atoms with E-state index in [-0.39, 0.29) is 4.90 Å². The predicted octanol–water partition coefficient (Wildman–Crippen LogP) is 1.67. The summed E-state index contributed by atoms with van der Waals surface area (Å²) in [5.74, 6) is 0. The molecule has 2 rings (SSSR count). The molecule has 2 aromatic rings. The van der Waals surface area contributed by atoms with Crippen LogP contribution in [-0.4, -0.2) is 32.2 Å². The number of aromatic amines is 1. The summed E-state index contributed by atoms with van der Waals surface area (Å²) in [6.45, 7) is 2.41. The van der Waals surface area contributed by atoms with E-state index in [1.54, 1.807) is 20.0 Å². The van der Waals surface area contributed by atoms with Crippen LogP contribution in [0.3, 0.4) is 0 Å². The van der Waals surface area contributed by atoms with Crippen LogP contribution >= 0.6 is 22.9 Å². The predicted molar refractivity (Wildman–Crippen MR) is 84.3 cm³/mol. The maximum Gasteiger partial charge on any atom is 0.244 e. The molecule has 0 spiro atoms. The van der Waals surface area contributed by atoms with Gasteiger partial charge in [-0.2, -0.15) is 5.10 Å². The highest BCUT2D eigenvalue weighted by molar-refractivity contribution is 7.89. The second-order valence-electron chi connectivity index (χ2n) is 4.51. The number of nitrogens with one attached hydrogen (secondary N) is 3. The fourth-order valence-corrected chi connectivity index (χ4v) is 4.46. The zero-order valence-electron chi connectivity index (χ0n) is 11.7. The number of hydrogen-bond acceptors (Lipinski definition) is 5. The van der Waals surface area contributed by atoms with Crippen LogP contribution in [0.4, 0.5) is 0 Å². The van der Waals surface area contributed by atoms with Crippen molar-refractivity contribution in [1.29, 1.82) is 0 Å². The van der Waals surface area contributed by atoms with Crippen LogP contribution in [0.25, 0.3) is 0 Å². The van der Waals surface area contributed by atoms with Gasteiger partial charge in [-0.1, -0.05) is 11.6 Å². The summed E-state index contributed by atoms with van der Waals surface area (Å²) in [7, 11) is -1.83. The Kier molecular flexibility index (Phi) is 5.39. The average molecular weight is 349 g/mol. The van der Waals surface area contributed by atoms with Gasteiger partial charge in [0.15, 0.2) is 0 Å². The molecule has 0 unspecified atom stereocenters. The first kappa shape index (κ1) is 16.4. The van der Waals surface area contributed by atoms with Gasteiger partial charge in [0, 0.05) is 18.0 Å². The molecule has 2 heterocycles. The van der Waals surface area contributed by atoms with Gasteiger partial charge < -0.3 is 5.32 Å². The topological polar surface area (TPSA) is 86.9 Å². The number of thiophene rings is 1. The van der Waals surface area contributed by atoms with Crippen molar-refractivity contribution in [2.24, 2.45) is 0 Å². The molecule has 0 fully saturated rings. The van der Waals surface area contributed by atoms with Crippen molar-refractivity contribution in [3.63, 3.8) is 0 Å². The Labute approximate surface area is 133 Å². The number of aromatic nitrogens is 2. The second-order valence-corrected chi connectivity index (χ2v) is 8.01. The van der Waals surface area contributed by atoms with Crippen LogP contribution in [-0.2, 0) is 23.0 Å². The third-order valence-electron chi connectivity index (χ3n) is 2.87. The Morgan fingerprint density at radius 3 is 2.81 bits per heavy atom. The van der Waals surface area contributed by atoms with E-state index in [0.717, 1.165) is 4.88 Å². The molecular weight excluding hydrogens is 332 g/mol. The molecule has 2 aromatic heterocycles. The zero-order chi connectivity index (χ0) is 15.5. The van der Waals surface area contributed by atoms with Crippen LogP contribution in [0.2, 0.25) is 4.34 Å². The minimum atomic E-state index is -3.58. The quantitative estimate of drug-likeness (QED) is 0.710. The number of H-pyrrole nitrogens is 1. The molecule has 3 N–H and O–H groups in total. The first-order chi connectivity index (χ1) is 9.94. The molecule has 0 aliphatic rings. The summed E-state index contributed by atoms with van der Waals surface area (Å²) in [5.41, 5.74) is 1.02. The van der Waals surface area contributed by atoms with Crippen molar-refractivity contribution >= 4 is 33.0 Å². The lowest BCUT2D eigenvalue weighted by Crippen LogP contribution is -2.27. The summed E-state index contributed by atoms with van der Waals surface area (Å²) in [6.07, 6.45) is 0.606. The van der Waals surface area contributed by atoms with Crippen LogP contribution < -0.4 is 10.0 Å². The minimum absolute atomic E-state index is 0.223. The van der Waals surface area contributed by atoms with Crippen molar-refractivity contribution in [1.82, 2.24) is 20.2 Å². The van der Waals surface area contributed by atoms with Crippen molar-refractivity contribution in [2.75, 3.05) is 13.6 Å². The van der Waals surface area contributed by atoms with Gasteiger partial charge in [-0.3, -0.25) is 5.10 Å². The van der Waals surface area contributed by atoms with E-state index in [0.29, 0.717) is 35.2 Å². The first-order valence-corrected chi connectivity index (χ1v) is 9.04. The van der Waals surface area contributed by atoms with Crippen LogP contribution in [0.1, 0.15) is 16.3 Å². The Morgan fingerprint density at radius 2 is 2.19 bits per heavy atom. The maximum absolute atomic E-state index is 12.4. The highest BCUT2D eigenvalue weighted by atomic mass is 35.5. The van der Waals surface area contributed by atoms with E-state index in [9.17, 15) is 8.42 Å². The molecule has 0 radical (unpaired) electrons. The monoisotopic (exact) mass is 348 g/mol. The SMILES string of the molecule is CNCc1n[nH]c(C)c1S(=O)(=O)NCCc1ccc(Cl)s1. The number of aryl methyl sites for hydroxylation is 1. The van der Waals surface area contributed by atoms with Crippen molar-refractivity contribution in [3.05, 3.63) is 32.7 Å². The number of sulfonamides is 1. The third-order valence-corrected chi connectivity index (χ3v) is 5.82. The van der Waals surface area contributed by atoms with Crippen LogP contribution in [0.5, 0.6) is 0 Å². The summed E-state index contributed by atoms with van der Waals surface area (Å²) in [6, 6.07) is 3.71. The lowest BCUT2D eigenvalue weighted by atomic mass is 10.3. The fraction of sp³-hybridized carbons (Fsp3) is 0.417. The van der Waals surface area contributed by atoms with Crippen LogP contribution in [0, 0.1) is 6.92 Å². The molecule has 116 valence electrons. The van der Waals surface area contributed by atoms with Gasteiger partial charge in [0.25, 0.3) is 0 Å². The number of rotatable bonds is 7. The third kappa shape index (κ3) is 4.04. The van der Waals surface area contributed by atoms with Gasteiger partial charge in [0.05, 0.1) is 15.7 Å². The van der Waals surface area contributed by atoms with E-state index in [2.05, 4.69) is 20.2 Å². The first-order valence-electron chi connectivity index (χ1n) is 6.36. The van der Waals surface area contributed by atoms with Crippen molar-refractivity contribution in [2.45, 2.75) is 24.8 Å². The normalized spacial score (nSPS) is 12.0. The molecule has 0 saturated carbocycles. The Bertz CT molecular complexity index is 709. The van der Waals surface area contributed by atoms with Crippen molar-refractivity contribution in [3.8, 4) is 0 Å². The van der Waals surface area contributed by atoms with E-state index in [4.69, 9.17) is 11.6 Å². The molecule has 9 heteroatoms. The lowest BCUT2D eigenvalue weighted by Gasteiger charge is -2.07. The Morgan fingerprint density at radius 1 is 1.43 bits per heavy atom.